The molecule has 3 heteroatoms. The zero-order chi connectivity index (χ0) is 6.91. The molecule has 1 fully saturated rings. The van der Waals surface area contributed by atoms with Crippen molar-refractivity contribution >= 4 is 9.84 Å². The van der Waals surface area contributed by atoms with Crippen LogP contribution >= 0.6 is 0 Å². The molecule has 0 aromatic rings. The van der Waals surface area contributed by atoms with Crippen LogP contribution in [0.3, 0.4) is 0 Å². The molecular weight excluding hydrogens is 136 g/mol. The van der Waals surface area contributed by atoms with E-state index in [-0.39, 0.29) is 5.25 Å². The van der Waals surface area contributed by atoms with Crippen LogP contribution in [0.1, 0.15) is 26.2 Å². The third-order valence-electron chi connectivity index (χ3n) is 1.52. The van der Waals surface area contributed by atoms with Gasteiger partial charge >= 0.3 is 0 Å². The predicted octanol–water partition coefficient (Wildman–Crippen LogP) is 0.974. The Morgan fingerprint density at radius 2 is 2.00 bits per heavy atom. The van der Waals surface area contributed by atoms with E-state index >= 15 is 0 Å². The Hall–Kier alpha value is -0.0500. The molecule has 0 saturated heterocycles. The Kier molecular flexibility index (Phi) is 1.80. The maximum Gasteiger partial charge on any atom is 0.153 e. The maximum atomic E-state index is 11.0. The maximum absolute atomic E-state index is 11.0. The lowest BCUT2D eigenvalue weighted by Gasteiger charge is -1.95. The average molecular weight is 148 g/mol. The van der Waals surface area contributed by atoms with Gasteiger partial charge in [-0.3, -0.25) is 0 Å². The summed E-state index contributed by atoms with van der Waals surface area (Å²) in [5, 5.41) is 0.0393. The minimum absolute atomic E-state index is 0.0393. The highest BCUT2D eigenvalue weighted by atomic mass is 32.2. The van der Waals surface area contributed by atoms with Crippen LogP contribution in [0.2, 0.25) is 0 Å². The van der Waals surface area contributed by atoms with Crippen molar-refractivity contribution in [2.45, 2.75) is 31.4 Å². The van der Waals surface area contributed by atoms with Crippen molar-refractivity contribution in [2.75, 3.05) is 5.75 Å². The number of rotatable bonds is 3. The molecule has 1 rings (SSSR count). The van der Waals surface area contributed by atoms with Gasteiger partial charge in [0.1, 0.15) is 0 Å². The molecule has 0 spiro atoms. The Bertz CT molecular complexity index is 177. The molecule has 0 aromatic carbocycles. The summed E-state index contributed by atoms with van der Waals surface area (Å²) in [6.07, 6.45) is 2.57. The summed E-state index contributed by atoms with van der Waals surface area (Å²) in [5.74, 6) is 0.387. The van der Waals surface area contributed by atoms with Gasteiger partial charge in [0.15, 0.2) is 9.84 Å². The van der Waals surface area contributed by atoms with Crippen LogP contribution in [0, 0.1) is 0 Å². The molecule has 1 aliphatic rings. The molecule has 54 valence electrons. The first-order chi connectivity index (χ1) is 4.17. The van der Waals surface area contributed by atoms with Crippen molar-refractivity contribution in [3.05, 3.63) is 0 Å². The summed E-state index contributed by atoms with van der Waals surface area (Å²) in [4.78, 5) is 0. The first-order valence-electron chi connectivity index (χ1n) is 3.38. The molecule has 0 N–H and O–H groups in total. The van der Waals surface area contributed by atoms with Crippen LogP contribution in [0.25, 0.3) is 0 Å². The van der Waals surface area contributed by atoms with E-state index < -0.39 is 9.84 Å². The summed E-state index contributed by atoms with van der Waals surface area (Å²) in [6, 6.07) is 0. The zero-order valence-electron chi connectivity index (χ0n) is 5.63. The van der Waals surface area contributed by atoms with Crippen LogP contribution in [0.5, 0.6) is 0 Å². The first-order valence-corrected chi connectivity index (χ1v) is 5.10. The van der Waals surface area contributed by atoms with E-state index in [4.69, 9.17) is 0 Å². The second-order valence-corrected chi connectivity index (χ2v) is 4.97. The van der Waals surface area contributed by atoms with E-state index in [0.717, 1.165) is 19.3 Å². The van der Waals surface area contributed by atoms with Crippen LogP contribution in [0.15, 0.2) is 0 Å². The highest BCUT2D eigenvalue weighted by Gasteiger charge is 2.34. The quantitative estimate of drug-likeness (QED) is 0.597. The standard InChI is InChI=1S/C6H12O2S/c1-2-5-9(7,8)6-3-4-6/h6H,2-5H2,1H3. The Morgan fingerprint density at radius 3 is 2.33 bits per heavy atom. The van der Waals surface area contributed by atoms with Crippen molar-refractivity contribution in [1.82, 2.24) is 0 Å². The third kappa shape index (κ3) is 1.68. The molecule has 9 heavy (non-hydrogen) atoms. The van der Waals surface area contributed by atoms with Crippen LogP contribution < -0.4 is 0 Å². The summed E-state index contributed by atoms with van der Waals surface area (Å²) in [6.45, 7) is 1.90. The minimum Gasteiger partial charge on any atom is -0.229 e. The normalized spacial score (nSPS) is 20.1. The van der Waals surface area contributed by atoms with Crippen molar-refractivity contribution in [1.29, 1.82) is 0 Å². The smallest absolute Gasteiger partial charge is 0.153 e. The van der Waals surface area contributed by atoms with Gasteiger partial charge in [-0.1, -0.05) is 6.92 Å². The zero-order valence-corrected chi connectivity index (χ0v) is 6.45. The molecule has 2 nitrogen and oxygen atoms in total. The highest BCUT2D eigenvalue weighted by Crippen LogP contribution is 2.28. The minimum atomic E-state index is -2.64. The molecule has 0 bridgehead atoms. The van der Waals surface area contributed by atoms with Gasteiger partial charge in [-0.05, 0) is 19.3 Å². The van der Waals surface area contributed by atoms with Gasteiger partial charge in [-0.2, -0.15) is 0 Å². The fourth-order valence-corrected chi connectivity index (χ4v) is 2.64. The molecule has 0 atom stereocenters. The second-order valence-electron chi connectivity index (χ2n) is 2.57. The lowest BCUT2D eigenvalue weighted by atomic mass is 10.6. The molecule has 0 unspecified atom stereocenters. The largest absolute Gasteiger partial charge is 0.229 e. The SMILES string of the molecule is CCCS(=O)(=O)C1CC1. The Morgan fingerprint density at radius 1 is 1.44 bits per heavy atom. The Balaban J connectivity index is 2.51. The predicted molar refractivity (Wildman–Crippen MR) is 37.1 cm³/mol. The van der Waals surface area contributed by atoms with Gasteiger partial charge in [0.25, 0.3) is 0 Å². The summed E-state index contributed by atoms with van der Waals surface area (Å²) < 4.78 is 22.0. The van der Waals surface area contributed by atoms with E-state index in [1.54, 1.807) is 0 Å². The molecule has 0 aliphatic heterocycles. The summed E-state index contributed by atoms with van der Waals surface area (Å²) in [7, 11) is -2.64. The molecular formula is C6H12O2S. The lowest BCUT2D eigenvalue weighted by molar-refractivity contribution is 0.593. The molecule has 0 aromatic heterocycles. The Labute approximate surface area is 56.2 Å². The van der Waals surface area contributed by atoms with Crippen molar-refractivity contribution in [2.24, 2.45) is 0 Å². The first kappa shape index (κ1) is 7.06. The number of hydrogen-bond donors (Lipinski definition) is 0. The van der Waals surface area contributed by atoms with Crippen LogP contribution in [0.4, 0.5) is 0 Å². The molecule has 0 radical (unpaired) electrons. The molecule has 1 aliphatic carbocycles. The van der Waals surface area contributed by atoms with Gasteiger partial charge in [-0.25, -0.2) is 8.42 Å². The van der Waals surface area contributed by atoms with E-state index in [0.29, 0.717) is 5.75 Å². The van der Waals surface area contributed by atoms with Crippen molar-refractivity contribution in [3.63, 3.8) is 0 Å². The van der Waals surface area contributed by atoms with Gasteiger partial charge in [0.2, 0.25) is 0 Å². The van der Waals surface area contributed by atoms with E-state index in [1.165, 1.54) is 0 Å². The number of sulfone groups is 1. The molecule has 0 heterocycles. The lowest BCUT2D eigenvalue weighted by Crippen LogP contribution is -2.10. The summed E-state index contributed by atoms with van der Waals surface area (Å²) >= 11 is 0. The van der Waals surface area contributed by atoms with E-state index in [9.17, 15) is 8.42 Å². The van der Waals surface area contributed by atoms with Crippen molar-refractivity contribution in [3.8, 4) is 0 Å². The monoisotopic (exact) mass is 148 g/mol. The van der Waals surface area contributed by atoms with E-state index in [1.807, 2.05) is 6.92 Å². The van der Waals surface area contributed by atoms with Gasteiger partial charge in [-0.15, -0.1) is 0 Å². The van der Waals surface area contributed by atoms with E-state index in [2.05, 4.69) is 0 Å². The molecule has 1 saturated carbocycles. The van der Waals surface area contributed by atoms with Crippen LogP contribution in [-0.4, -0.2) is 19.4 Å². The van der Waals surface area contributed by atoms with Crippen LogP contribution in [-0.2, 0) is 9.84 Å². The summed E-state index contributed by atoms with van der Waals surface area (Å²) in [5.41, 5.74) is 0. The highest BCUT2D eigenvalue weighted by molar-refractivity contribution is 7.92. The second kappa shape index (κ2) is 2.29. The fourth-order valence-electron chi connectivity index (χ4n) is 0.878. The van der Waals surface area contributed by atoms with Crippen molar-refractivity contribution < 1.29 is 8.42 Å². The topological polar surface area (TPSA) is 34.1 Å². The average Bonchev–Trinajstić information content (AvgIpc) is 2.41. The van der Waals surface area contributed by atoms with Gasteiger partial charge in [0, 0.05) is 0 Å². The van der Waals surface area contributed by atoms with Gasteiger partial charge < -0.3 is 0 Å². The van der Waals surface area contributed by atoms with Gasteiger partial charge in [0.05, 0.1) is 11.0 Å². The fraction of sp³-hybridized carbons (Fsp3) is 1.00. The third-order valence-corrected chi connectivity index (χ3v) is 3.99. The number of hydrogen-bond acceptors (Lipinski definition) is 2. The molecule has 0 amide bonds.